The van der Waals surface area contributed by atoms with E-state index < -0.39 is 0 Å². The van der Waals surface area contributed by atoms with Crippen LogP contribution in [0.4, 0.5) is 10.1 Å². The lowest BCUT2D eigenvalue weighted by Crippen LogP contribution is -2.16. The summed E-state index contributed by atoms with van der Waals surface area (Å²) in [5.41, 5.74) is 6.09. The number of halogens is 2. The van der Waals surface area contributed by atoms with Crippen molar-refractivity contribution in [1.82, 2.24) is 9.38 Å². The summed E-state index contributed by atoms with van der Waals surface area (Å²) in [6.07, 6.45) is 2.06. The lowest BCUT2D eigenvalue weighted by atomic mass is 10.1. The monoisotopic (exact) mass is 421 g/mol. The molecule has 0 aliphatic heterocycles. The van der Waals surface area contributed by atoms with Gasteiger partial charge < -0.3 is 9.72 Å². The molecule has 6 heteroatoms. The lowest BCUT2D eigenvalue weighted by Gasteiger charge is -2.09. The van der Waals surface area contributed by atoms with Crippen LogP contribution in [0.2, 0.25) is 5.02 Å². The Morgan fingerprint density at radius 3 is 2.60 bits per heavy atom. The van der Waals surface area contributed by atoms with Gasteiger partial charge in [-0.05, 0) is 73.9 Å². The predicted octanol–water partition coefficient (Wildman–Crippen LogP) is 5.90. The second kappa shape index (κ2) is 7.92. The van der Waals surface area contributed by atoms with E-state index >= 15 is 0 Å². The fourth-order valence-electron chi connectivity index (χ4n) is 3.42. The van der Waals surface area contributed by atoms with Crippen molar-refractivity contribution in [2.45, 2.75) is 27.2 Å². The number of imidazole rings is 1. The molecule has 0 saturated heterocycles. The summed E-state index contributed by atoms with van der Waals surface area (Å²) in [4.78, 5) is 17.6. The summed E-state index contributed by atoms with van der Waals surface area (Å²) in [6, 6.07) is 14.2. The molecule has 152 valence electrons. The Morgan fingerprint density at radius 2 is 1.87 bits per heavy atom. The largest absolute Gasteiger partial charge is 0.326 e. The third kappa shape index (κ3) is 3.94. The molecule has 1 N–H and O–H groups in total. The van der Waals surface area contributed by atoms with Crippen LogP contribution in [0.5, 0.6) is 0 Å². The van der Waals surface area contributed by atoms with Crippen molar-refractivity contribution in [2.24, 2.45) is 0 Å². The molecule has 2 aromatic carbocycles. The molecule has 0 spiro atoms. The smallest absolute Gasteiger partial charge is 0.230 e. The van der Waals surface area contributed by atoms with Gasteiger partial charge in [0.2, 0.25) is 5.91 Å². The maximum Gasteiger partial charge on any atom is 0.230 e. The van der Waals surface area contributed by atoms with Gasteiger partial charge in [0.15, 0.2) is 0 Å². The average molecular weight is 422 g/mol. The molecule has 0 aliphatic carbocycles. The van der Waals surface area contributed by atoms with E-state index in [1.807, 2.05) is 48.7 Å². The van der Waals surface area contributed by atoms with Crippen LogP contribution < -0.4 is 5.32 Å². The number of fused-ring (bicyclic) bond motifs is 1. The van der Waals surface area contributed by atoms with E-state index in [1.165, 1.54) is 6.07 Å². The van der Waals surface area contributed by atoms with E-state index in [2.05, 4.69) is 5.32 Å². The zero-order valence-electron chi connectivity index (χ0n) is 17.0. The molecule has 0 aliphatic rings. The Hall–Kier alpha value is -3.18. The average Bonchev–Trinajstić information content (AvgIpc) is 3.04. The number of hydrogen-bond donors (Lipinski definition) is 1. The Morgan fingerprint density at radius 1 is 1.07 bits per heavy atom. The van der Waals surface area contributed by atoms with Crippen LogP contribution in [-0.4, -0.2) is 15.3 Å². The quantitative estimate of drug-likeness (QED) is 0.446. The summed E-state index contributed by atoms with van der Waals surface area (Å²) in [6.45, 7) is 5.61. The lowest BCUT2D eigenvalue weighted by molar-refractivity contribution is -0.115. The molecule has 0 saturated carbocycles. The fourth-order valence-corrected chi connectivity index (χ4v) is 3.60. The molecular weight excluding hydrogens is 401 g/mol. The molecule has 0 unspecified atom stereocenters. The third-order valence-corrected chi connectivity index (χ3v) is 5.49. The molecular formula is C24H21ClFN3O. The van der Waals surface area contributed by atoms with Crippen molar-refractivity contribution in [3.8, 4) is 11.3 Å². The fraction of sp³-hybridized carbons (Fsp3) is 0.167. The number of carbonyl (C=O) groups excluding carboxylic acids is 1. The van der Waals surface area contributed by atoms with Crippen molar-refractivity contribution >= 4 is 28.8 Å². The minimum Gasteiger partial charge on any atom is -0.326 e. The summed E-state index contributed by atoms with van der Waals surface area (Å²) >= 11 is 6.17. The van der Waals surface area contributed by atoms with E-state index in [4.69, 9.17) is 16.6 Å². The van der Waals surface area contributed by atoms with Crippen LogP contribution in [0.3, 0.4) is 0 Å². The van der Waals surface area contributed by atoms with Crippen LogP contribution >= 0.6 is 11.6 Å². The molecule has 0 bridgehead atoms. The third-order valence-electron chi connectivity index (χ3n) is 5.08. The van der Waals surface area contributed by atoms with Crippen molar-refractivity contribution < 1.29 is 9.18 Å². The van der Waals surface area contributed by atoms with Gasteiger partial charge in [0.25, 0.3) is 0 Å². The molecule has 1 amide bonds. The highest BCUT2D eigenvalue weighted by Gasteiger charge is 2.18. The second-order valence-electron chi connectivity index (χ2n) is 7.49. The van der Waals surface area contributed by atoms with Gasteiger partial charge in [0, 0.05) is 22.5 Å². The summed E-state index contributed by atoms with van der Waals surface area (Å²) < 4.78 is 15.7. The minimum absolute atomic E-state index is 0.113. The number of benzene rings is 2. The van der Waals surface area contributed by atoms with E-state index in [9.17, 15) is 9.18 Å². The van der Waals surface area contributed by atoms with Gasteiger partial charge in [-0.2, -0.15) is 0 Å². The SMILES string of the molecule is Cc1ccc2nc(-c3ccc(F)c(C)c3)c(CC(=O)Nc3ccc(C)c(Cl)c3)n2c1. The Labute approximate surface area is 179 Å². The standard InChI is InChI=1S/C24H21ClFN3O/c1-14-4-9-22-28-24(17-6-8-20(26)16(3)10-17)21(29(22)13-14)12-23(30)27-18-7-5-15(2)19(25)11-18/h4-11,13H,12H2,1-3H3,(H,27,30). The summed E-state index contributed by atoms with van der Waals surface area (Å²) in [5.74, 6) is -0.452. The second-order valence-corrected chi connectivity index (χ2v) is 7.90. The maximum atomic E-state index is 13.8. The maximum absolute atomic E-state index is 13.8. The van der Waals surface area contributed by atoms with E-state index in [-0.39, 0.29) is 18.1 Å². The van der Waals surface area contributed by atoms with Crippen molar-refractivity contribution in [2.75, 3.05) is 5.32 Å². The highest BCUT2D eigenvalue weighted by atomic mass is 35.5. The zero-order chi connectivity index (χ0) is 21.4. The van der Waals surface area contributed by atoms with Gasteiger partial charge in [-0.1, -0.05) is 23.7 Å². The van der Waals surface area contributed by atoms with E-state index in [0.29, 0.717) is 22.0 Å². The highest BCUT2D eigenvalue weighted by molar-refractivity contribution is 6.31. The Kier molecular flexibility index (Phi) is 5.31. The topological polar surface area (TPSA) is 46.4 Å². The molecule has 0 radical (unpaired) electrons. The Balaban J connectivity index is 1.74. The van der Waals surface area contributed by atoms with Crippen molar-refractivity contribution in [3.05, 3.63) is 88.0 Å². The molecule has 30 heavy (non-hydrogen) atoms. The van der Waals surface area contributed by atoms with E-state index in [1.54, 1.807) is 25.1 Å². The van der Waals surface area contributed by atoms with Gasteiger partial charge in [0.05, 0.1) is 17.8 Å². The molecule has 4 aromatic rings. The molecule has 2 heterocycles. The van der Waals surface area contributed by atoms with Crippen LogP contribution in [0.1, 0.15) is 22.4 Å². The summed E-state index contributed by atoms with van der Waals surface area (Å²) in [7, 11) is 0. The predicted molar refractivity (Wildman–Crippen MR) is 119 cm³/mol. The van der Waals surface area contributed by atoms with Crippen LogP contribution in [0.25, 0.3) is 16.9 Å². The number of nitrogens with zero attached hydrogens (tertiary/aromatic N) is 2. The molecule has 4 rings (SSSR count). The number of carbonyl (C=O) groups is 1. The molecule has 0 fully saturated rings. The minimum atomic E-state index is -0.270. The first kappa shape index (κ1) is 20.1. The first-order valence-corrected chi connectivity index (χ1v) is 10.00. The van der Waals surface area contributed by atoms with Gasteiger partial charge in [0.1, 0.15) is 11.5 Å². The zero-order valence-corrected chi connectivity index (χ0v) is 17.7. The van der Waals surface area contributed by atoms with Crippen molar-refractivity contribution in [1.29, 1.82) is 0 Å². The first-order valence-electron chi connectivity index (χ1n) is 9.62. The number of rotatable bonds is 4. The van der Waals surface area contributed by atoms with Crippen LogP contribution in [0.15, 0.2) is 54.7 Å². The molecule has 4 nitrogen and oxygen atoms in total. The normalized spacial score (nSPS) is 11.1. The number of amides is 1. The first-order chi connectivity index (χ1) is 14.3. The summed E-state index contributed by atoms with van der Waals surface area (Å²) in [5, 5.41) is 3.50. The number of pyridine rings is 1. The van der Waals surface area contributed by atoms with Crippen molar-refractivity contribution in [3.63, 3.8) is 0 Å². The number of anilines is 1. The van der Waals surface area contributed by atoms with Gasteiger partial charge in [-0.25, -0.2) is 9.37 Å². The van der Waals surface area contributed by atoms with Gasteiger partial charge in [-0.15, -0.1) is 0 Å². The molecule has 0 atom stereocenters. The Bertz CT molecular complexity index is 1280. The number of hydrogen-bond acceptors (Lipinski definition) is 2. The van der Waals surface area contributed by atoms with Gasteiger partial charge >= 0.3 is 0 Å². The van der Waals surface area contributed by atoms with Gasteiger partial charge in [-0.3, -0.25) is 4.79 Å². The highest BCUT2D eigenvalue weighted by Crippen LogP contribution is 2.27. The number of aromatic nitrogens is 2. The number of aryl methyl sites for hydroxylation is 3. The van der Waals surface area contributed by atoms with E-state index in [0.717, 1.165) is 28.0 Å². The number of nitrogens with one attached hydrogen (secondary N) is 1. The van der Waals surface area contributed by atoms with Crippen LogP contribution in [0, 0.1) is 26.6 Å². The molecule has 2 aromatic heterocycles. The van der Waals surface area contributed by atoms with Crippen LogP contribution in [-0.2, 0) is 11.2 Å².